The summed E-state index contributed by atoms with van der Waals surface area (Å²) in [7, 11) is 0. The predicted molar refractivity (Wildman–Crippen MR) is 80.9 cm³/mol. The summed E-state index contributed by atoms with van der Waals surface area (Å²) in [6, 6.07) is 4.23. The van der Waals surface area contributed by atoms with Gasteiger partial charge in [0.25, 0.3) is 0 Å². The van der Waals surface area contributed by atoms with Gasteiger partial charge in [-0.25, -0.2) is 4.98 Å². The van der Waals surface area contributed by atoms with Crippen molar-refractivity contribution >= 4 is 32.9 Å². The lowest BCUT2D eigenvalue weighted by atomic mass is 10.1. The quantitative estimate of drug-likeness (QED) is 0.876. The number of thiazole rings is 1. The summed E-state index contributed by atoms with van der Waals surface area (Å²) in [6.45, 7) is 4.80. The number of fused-ring (bicyclic) bond motifs is 1. The highest BCUT2D eigenvalue weighted by Gasteiger charge is 2.22. The summed E-state index contributed by atoms with van der Waals surface area (Å²) < 4.78 is 6.90. The van der Waals surface area contributed by atoms with Crippen molar-refractivity contribution in [2.24, 2.45) is 0 Å². The number of rotatable bonds is 3. The van der Waals surface area contributed by atoms with E-state index in [0.29, 0.717) is 6.10 Å². The Morgan fingerprint density at radius 2 is 2.42 bits per heavy atom. The highest BCUT2D eigenvalue weighted by atomic mass is 32.1. The molecule has 102 valence electrons. The van der Waals surface area contributed by atoms with Crippen molar-refractivity contribution in [2.75, 3.05) is 30.3 Å². The summed E-state index contributed by atoms with van der Waals surface area (Å²) >= 11 is 1.63. The van der Waals surface area contributed by atoms with E-state index < -0.39 is 0 Å². The molecule has 0 spiro atoms. The van der Waals surface area contributed by atoms with Crippen molar-refractivity contribution in [1.82, 2.24) is 4.98 Å². The average molecular weight is 277 g/mol. The van der Waals surface area contributed by atoms with Gasteiger partial charge in [0.05, 0.1) is 27.7 Å². The molecule has 3 rings (SSSR count). The first-order valence-corrected chi connectivity index (χ1v) is 7.65. The van der Waals surface area contributed by atoms with Gasteiger partial charge in [0.15, 0.2) is 0 Å². The van der Waals surface area contributed by atoms with E-state index in [1.54, 1.807) is 11.3 Å². The first kappa shape index (κ1) is 12.7. The van der Waals surface area contributed by atoms with Gasteiger partial charge >= 0.3 is 0 Å². The van der Waals surface area contributed by atoms with E-state index in [2.05, 4.69) is 28.9 Å². The number of hydrogen-bond donors (Lipinski definition) is 1. The Labute approximate surface area is 117 Å². The van der Waals surface area contributed by atoms with Crippen LogP contribution in [0.2, 0.25) is 0 Å². The number of hydrogen-bond acceptors (Lipinski definition) is 5. The highest BCUT2D eigenvalue weighted by molar-refractivity contribution is 7.16. The number of ether oxygens (including phenoxy) is 1. The molecule has 0 saturated carbocycles. The zero-order valence-electron chi connectivity index (χ0n) is 11.1. The molecule has 0 aliphatic carbocycles. The van der Waals surface area contributed by atoms with Crippen LogP contribution in [-0.4, -0.2) is 30.8 Å². The molecular formula is C14H19N3OS. The molecule has 1 aliphatic rings. The van der Waals surface area contributed by atoms with Crippen LogP contribution in [0.4, 0.5) is 11.4 Å². The highest BCUT2D eigenvalue weighted by Crippen LogP contribution is 2.34. The molecule has 2 heterocycles. The van der Waals surface area contributed by atoms with Crippen molar-refractivity contribution in [2.45, 2.75) is 25.9 Å². The van der Waals surface area contributed by atoms with Crippen molar-refractivity contribution < 1.29 is 4.74 Å². The van der Waals surface area contributed by atoms with Crippen LogP contribution in [0.1, 0.15) is 19.8 Å². The van der Waals surface area contributed by atoms with Crippen LogP contribution >= 0.6 is 11.3 Å². The molecule has 1 fully saturated rings. The largest absolute Gasteiger partial charge is 0.395 e. The summed E-state index contributed by atoms with van der Waals surface area (Å²) in [5.41, 5.74) is 11.0. The minimum Gasteiger partial charge on any atom is -0.395 e. The molecule has 1 atom stereocenters. The van der Waals surface area contributed by atoms with Crippen LogP contribution in [0.25, 0.3) is 10.2 Å². The van der Waals surface area contributed by atoms with E-state index in [0.717, 1.165) is 54.1 Å². The number of nitrogens with two attached hydrogens (primary N) is 1. The molecule has 2 aromatic rings. The second kappa shape index (κ2) is 5.35. The third-order valence-electron chi connectivity index (χ3n) is 3.64. The molecule has 0 radical (unpaired) electrons. The maximum Gasteiger partial charge on any atom is 0.106 e. The Hall–Kier alpha value is -1.33. The van der Waals surface area contributed by atoms with E-state index in [1.807, 2.05) is 5.51 Å². The normalized spacial score (nSPS) is 20.1. The minimum absolute atomic E-state index is 0.323. The molecule has 0 amide bonds. The Morgan fingerprint density at radius 3 is 3.26 bits per heavy atom. The Balaban J connectivity index is 1.88. The molecule has 0 bridgehead atoms. The zero-order valence-corrected chi connectivity index (χ0v) is 11.9. The molecular weight excluding hydrogens is 258 g/mol. The van der Waals surface area contributed by atoms with Gasteiger partial charge in [-0.3, -0.25) is 0 Å². The Morgan fingerprint density at radius 1 is 1.53 bits per heavy atom. The van der Waals surface area contributed by atoms with Crippen molar-refractivity contribution in [3.63, 3.8) is 0 Å². The Kier molecular flexibility index (Phi) is 3.57. The smallest absolute Gasteiger partial charge is 0.106 e. The monoisotopic (exact) mass is 277 g/mol. The molecule has 1 unspecified atom stereocenters. The van der Waals surface area contributed by atoms with Gasteiger partial charge in [-0.1, -0.05) is 0 Å². The molecule has 1 aromatic carbocycles. The van der Waals surface area contributed by atoms with Crippen molar-refractivity contribution in [1.29, 1.82) is 0 Å². The third-order valence-corrected chi connectivity index (χ3v) is 4.43. The van der Waals surface area contributed by atoms with E-state index in [-0.39, 0.29) is 0 Å². The summed E-state index contributed by atoms with van der Waals surface area (Å²) in [4.78, 5) is 6.70. The molecule has 1 aromatic heterocycles. The lowest BCUT2D eigenvalue weighted by molar-refractivity contribution is 0.0527. The standard InChI is InChI=1S/C14H19N3OS/c1-2-18-10-4-3-7-17(8-10)11-5-6-12-14(13(11)15)16-9-19-12/h5-6,9-10H,2-4,7-8,15H2,1H3. The first-order valence-electron chi connectivity index (χ1n) is 6.78. The summed E-state index contributed by atoms with van der Waals surface area (Å²) in [5.74, 6) is 0. The number of nitrogens with zero attached hydrogens (tertiary/aromatic N) is 2. The van der Waals surface area contributed by atoms with Crippen molar-refractivity contribution in [3.8, 4) is 0 Å². The summed E-state index contributed by atoms with van der Waals surface area (Å²) in [6.07, 6.45) is 2.62. The van der Waals surface area contributed by atoms with Gasteiger partial charge in [-0.2, -0.15) is 0 Å². The molecule has 1 saturated heterocycles. The fraction of sp³-hybridized carbons (Fsp3) is 0.500. The van der Waals surface area contributed by atoms with Crippen LogP contribution in [-0.2, 0) is 4.74 Å². The van der Waals surface area contributed by atoms with E-state index >= 15 is 0 Å². The minimum atomic E-state index is 0.323. The number of benzene rings is 1. The lowest BCUT2D eigenvalue weighted by Crippen LogP contribution is -2.40. The van der Waals surface area contributed by atoms with Crippen LogP contribution in [0.3, 0.4) is 0 Å². The van der Waals surface area contributed by atoms with Crippen LogP contribution in [0.15, 0.2) is 17.6 Å². The molecule has 2 N–H and O–H groups in total. The fourth-order valence-electron chi connectivity index (χ4n) is 2.75. The second-order valence-corrected chi connectivity index (χ2v) is 5.75. The number of nitrogen functional groups attached to an aromatic ring is 1. The molecule has 1 aliphatic heterocycles. The van der Waals surface area contributed by atoms with E-state index in [4.69, 9.17) is 10.5 Å². The maximum absolute atomic E-state index is 6.28. The number of anilines is 2. The zero-order chi connectivity index (χ0) is 13.2. The third kappa shape index (κ3) is 2.40. The van der Waals surface area contributed by atoms with Crippen LogP contribution < -0.4 is 10.6 Å². The van der Waals surface area contributed by atoms with Crippen molar-refractivity contribution in [3.05, 3.63) is 17.6 Å². The summed E-state index contributed by atoms with van der Waals surface area (Å²) in [5, 5.41) is 0. The second-order valence-electron chi connectivity index (χ2n) is 4.86. The van der Waals surface area contributed by atoms with Crippen LogP contribution in [0, 0.1) is 0 Å². The SMILES string of the molecule is CCOC1CCCN(c2ccc3scnc3c2N)C1. The lowest BCUT2D eigenvalue weighted by Gasteiger charge is -2.34. The maximum atomic E-state index is 6.28. The topological polar surface area (TPSA) is 51.4 Å². The van der Waals surface area contributed by atoms with Gasteiger partial charge in [0.2, 0.25) is 0 Å². The fourth-order valence-corrected chi connectivity index (χ4v) is 3.44. The van der Waals surface area contributed by atoms with Gasteiger partial charge in [-0.05, 0) is 31.9 Å². The average Bonchev–Trinajstić information content (AvgIpc) is 2.89. The van der Waals surface area contributed by atoms with E-state index in [9.17, 15) is 0 Å². The van der Waals surface area contributed by atoms with Gasteiger partial charge in [0, 0.05) is 19.7 Å². The molecule has 19 heavy (non-hydrogen) atoms. The molecule has 4 nitrogen and oxygen atoms in total. The van der Waals surface area contributed by atoms with Gasteiger partial charge in [0.1, 0.15) is 5.52 Å². The van der Waals surface area contributed by atoms with Gasteiger partial charge in [-0.15, -0.1) is 11.3 Å². The van der Waals surface area contributed by atoms with E-state index in [1.165, 1.54) is 0 Å². The number of aromatic nitrogens is 1. The Bertz CT molecular complexity index is 567. The molecule has 5 heteroatoms. The first-order chi connectivity index (χ1) is 9.29. The van der Waals surface area contributed by atoms with Gasteiger partial charge < -0.3 is 15.4 Å². The predicted octanol–water partition coefficient (Wildman–Crippen LogP) is 2.88. The number of piperidine rings is 1. The van der Waals surface area contributed by atoms with Crippen LogP contribution in [0.5, 0.6) is 0 Å².